The summed E-state index contributed by atoms with van der Waals surface area (Å²) in [4.78, 5) is 54.5. The van der Waals surface area contributed by atoms with Gasteiger partial charge in [0.05, 0.1) is 32.3 Å². The Bertz CT molecular complexity index is 925. The molecule has 2 aromatic rings. The maximum atomic E-state index is 12.4. The van der Waals surface area contributed by atoms with E-state index in [0.29, 0.717) is 10.1 Å². The van der Waals surface area contributed by atoms with Gasteiger partial charge in [-0.15, -0.1) is 15.1 Å². The van der Waals surface area contributed by atoms with E-state index in [0.717, 1.165) is 0 Å². The quantitative estimate of drug-likeness (QED) is 0.752. The van der Waals surface area contributed by atoms with Crippen molar-refractivity contribution in [3.8, 4) is 0 Å². The minimum Gasteiger partial charge on any atom is -0.266 e. The van der Waals surface area contributed by atoms with E-state index < -0.39 is 23.6 Å². The summed E-state index contributed by atoms with van der Waals surface area (Å²) in [6.07, 6.45) is 0. The average Bonchev–Trinajstić information content (AvgIpc) is 2.97. The summed E-state index contributed by atoms with van der Waals surface area (Å²) in [7, 11) is 0. The van der Waals surface area contributed by atoms with Crippen LogP contribution in [0.4, 0.5) is 0 Å². The summed E-state index contributed by atoms with van der Waals surface area (Å²) in [5.41, 5.74) is -0.0631. The topological polar surface area (TPSA) is 84.0 Å². The standard InChI is InChI=1S/C16H6Cl2N2O5/c17-9-5-1-3-7-11(9)15(23)19(13(7)21)25-20-14(22)8-4-2-6-10(18)12(8)16(20)24/h1-6H. The Morgan fingerprint density at radius 2 is 1.04 bits per heavy atom. The number of rotatable bonds is 2. The first-order valence-electron chi connectivity index (χ1n) is 6.94. The van der Waals surface area contributed by atoms with Crippen molar-refractivity contribution in [3.63, 3.8) is 0 Å². The van der Waals surface area contributed by atoms with Crippen LogP contribution in [0.1, 0.15) is 41.4 Å². The first-order chi connectivity index (χ1) is 11.9. The third kappa shape index (κ3) is 2.10. The van der Waals surface area contributed by atoms with Crippen LogP contribution in [-0.4, -0.2) is 33.8 Å². The van der Waals surface area contributed by atoms with E-state index in [1.165, 1.54) is 36.4 Å². The van der Waals surface area contributed by atoms with Crippen molar-refractivity contribution in [2.75, 3.05) is 0 Å². The zero-order valence-corrected chi connectivity index (χ0v) is 13.7. The predicted molar refractivity (Wildman–Crippen MR) is 85.0 cm³/mol. The third-order valence-electron chi connectivity index (χ3n) is 3.82. The fourth-order valence-electron chi connectivity index (χ4n) is 2.68. The van der Waals surface area contributed by atoms with Gasteiger partial charge in [0, 0.05) is 0 Å². The highest BCUT2D eigenvalue weighted by Crippen LogP contribution is 2.33. The number of benzene rings is 2. The van der Waals surface area contributed by atoms with Crippen molar-refractivity contribution in [2.45, 2.75) is 0 Å². The summed E-state index contributed by atoms with van der Waals surface area (Å²) < 4.78 is 0. The molecule has 0 aliphatic carbocycles. The largest absolute Gasteiger partial charge is 0.289 e. The van der Waals surface area contributed by atoms with E-state index in [4.69, 9.17) is 28.1 Å². The number of hydrogen-bond acceptors (Lipinski definition) is 5. The molecule has 0 saturated heterocycles. The Hall–Kier alpha value is -2.74. The predicted octanol–water partition coefficient (Wildman–Crippen LogP) is 2.73. The van der Waals surface area contributed by atoms with E-state index in [9.17, 15) is 19.2 Å². The highest BCUT2D eigenvalue weighted by Gasteiger charge is 2.45. The van der Waals surface area contributed by atoms with E-state index in [1.54, 1.807) is 0 Å². The summed E-state index contributed by atoms with van der Waals surface area (Å²) in [5, 5.41) is 0.776. The summed E-state index contributed by atoms with van der Waals surface area (Å²) in [5.74, 6) is -3.39. The van der Waals surface area contributed by atoms with Gasteiger partial charge in [-0.2, -0.15) is 0 Å². The molecule has 0 radical (unpaired) electrons. The number of carbonyl (C=O) groups is 4. The molecule has 2 aromatic carbocycles. The van der Waals surface area contributed by atoms with E-state index in [2.05, 4.69) is 0 Å². The molecule has 9 heteroatoms. The lowest BCUT2D eigenvalue weighted by atomic mass is 10.1. The highest BCUT2D eigenvalue weighted by molar-refractivity contribution is 6.38. The molecule has 2 aliphatic heterocycles. The average molecular weight is 377 g/mol. The number of amides is 4. The van der Waals surface area contributed by atoms with Gasteiger partial charge in [-0.25, -0.2) is 0 Å². The molecular weight excluding hydrogens is 371 g/mol. The molecule has 0 aromatic heterocycles. The first kappa shape index (κ1) is 15.8. The molecule has 2 heterocycles. The molecule has 124 valence electrons. The molecule has 0 fully saturated rings. The maximum Gasteiger partial charge on any atom is 0.289 e. The van der Waals surface area contributed by atoms with Crippen molar-refractivity contribution in [1.82, 2.24) is 10.1 Å². The Morgan fingerprint density at radius 1 is 0.640 bits per heavy atom. The van der Waals surface area contributed by atoms with Crippen LogP contribution in [0.2, 0.25) is 10.0 Å². The van der Waals surface area contributed by atoms with Gasteiger partial charge < -0.3 is 0 Å². The van der Waals surface area contributed by atoms with Gasteiger partial charge >= 0.3 is 0 Å². The lowest BCUT2D eigenvalue weighted by molar-refractivity contribution is -0.216. The second-order valence-corrected chi connectivity index (χ2v) is 6.03. The number of carbonyl (C=O) groups excluding carboxylic acids is 4. The minimum atomic E-state index is -0.867. The second-order valence-electron chi connectivity index (χ2n) is 5.22. The zero-order chi connectivity index (χ0) is 17.9. The van der Waals surface area contributed by atoms with E-state index in [-0.39, 0.29) is 32.3 Å². The van der Waals surface area contributed by atoms with Crippen LogP contribution in [-0.2, 0) is 4.94 Å². The molecule has 0 N–H and O–H groups in total. The molecule has 4 amide bonds. The van der Waals surface area contributed by atoms with Crippen molar-refractivity contribution in [2.24, 2.45) is 0 Å². The first-order valence-corrected chi connectivity index (χ1v) is 7.70. The SMILES string of the molecule is O=C1c2cccc(Cl)c2C(=O)N1ON1C(=O)c2cccc(Cl)c2C1=O. The van der Waals surface area contributed by atoms with Crippen molar-refractivity contribution >= 4 is 46.8 Å². The smallest absolute Gasteiger partial charge is 0.266 e. The van der Waals surface area contributed by atoms with Crippen molar-refractivity contribution < 1.29 is 24.1 Å². The van der Waals surface area contributed by atoms with Gasteiger partial charge in [-0.05, 0) is 24.3 Å². The van der Waals surface area contributed by atoms with Gasteiger partial charge in [0.1, 0.15) is 0 Å². The lowest BCUT2D eigenvalue weighted by Crippen LogP contribution is -2.41. The summed E-state index contributed by atoms with van der Waals surface area (Å²) in [6, 6.07) is 8.66. The molecule has 0 unspecified atom stereocenters. The van der Waals surface area contributed by atoms with Crippen LogP contribution in [0, 0.1) is 0 Å². The summed E-state index contributed by atoms with van der Waals surface area (Å²) in [6.45, 7) is 0. The number of nitrogens with zero attached hydrogens (tertiary/aromatic N) is 2. The second kappa shape index (κ2) is 5.38. The molecule has 2 aliphatic rings. The Morgan fingerprint density at radius 3 is 1.40 bits per heavy atom. The van der Waals surface area contributed by atoms with Gasteiger partial charge in [-0.3, -0.25) is 19.2 Å². The van der Waals surface area contributed by atoms with Gasteiger partial charge in [0.25, 0.3) is 23.6 Å². The Labute approximate surface area is 150 Å². The van der Waals surface area contributed by atoms with Crippen molar-refractivity contribution in [1.29, 1.82) is 0 Å². The van der Waals surface area contributed by atoms with Crippen LogP contribution in [0.15, 0.2) is 36.4 Å². The molecule has 7 nitrogen and oxygen atoms in total. The molecular formula is C16H6Cl2N2O5. The highest BCUT2D eigenvalue weighted by atomic mass is 35.5. The monoisotopic (exact) mass is 376 g/mol. The van der Waals surface area contributed by atoms with Crippen LogP contribution >= 0.6 is 23.2 Å². The Balaban J connectivity index is 1.69. The van der Waals surface area contributed by atoms with Crippen LogP contribution in [0.3, 0.4) is 0 Å². The van der Waals surface area contributed by atoms with Crippen LogP contribution < -0.4 is 0 Å². The number of hydroxylamine groups is 4. The molecule has 0 saturated carbocycles. The van der Waals surface area contributed by atoms with E-state index in [1.807, 2.05) is 0 Å². The Kier molecular flexibility index (Phi) is 3.40. The molecule has 0 spiro atoms. The summed E-state index contributed by atoms with van der Waals surface area (Å²) >= 11 is 11.9. The van der Waals surface area contributed by atoms with Crippen LogP contribution in [0.25, 0.3) is 0 Å². The fraction of sp³-hybridized carbons (Fsp3) is 0. The zero-order valence-electron chi connectivity index (χ0n) is 12.2. The maximum absolute atomic E-state index is 12.4. The van der Waals surface area contributed by atoms with Gasteiger partial charge in [0.2, 0.25) is 0 Å². The lowest BCUT2D eigenvalue weighted by Gasteiger charge is -2.18. The van der Waals surface area contributed by atoms with Crippen LogP contribution in [0.5, 0.6) is 0 Å². The minimum absolute atomic E-state index is 0.0205. The fourth-order valence-corrected chi connectivity index (χ4v) is 3.19. The number of halogens is 2. The van der Waals surface area contributed by atoms with Gasteiger partial charge in [-0.1, -0.05) is 35.3 Å². The molecule has 25 heavy (non-hydrogen) atoms. The number of imide groups is 2. The normalized spacial score (nSPS) is 15.9. The van der Waals surface area contributed by atoms with E-state index >= 15 is 0 Å². The molecule has 4 rings (SSSR count). The number of hydrogen-bond donors (Lipinski definition) is 0. The van der Waals surface area contributed by atoms with Crippen molar-refractivity contribution in [3.05, 3.63) is 68.7 Å². The number of fused-ring (bicyclic) bond motifs is 2. The molecule has 0 bridgehead atoms. The third-order valence-corrected chi connectivity index (χ3v) is 4.45. The van der Waals surface area contributed by atoms with Gasteiger partial charge in [0.15, 0.2) is 0 Å². The molecule has 0 atom stereocenters.